The lowest BCUT2D eigenvalue weighted by Crippen LogP contribution is -2.16. The van der Waals surface area contributed by atoms with Crippen LogP contribution < -0.4 is 15.6 Å². The SMILES string of the molecule is Cl.O=c1cc(OCc2ccccc2)ccn1-c1ccc2sc3c(c2c1)CNCCC3. The number of hydrogen-bond acceptors (Lipinski definition) is 4. The molecule has 1 aliphatic heterocycles. The number of ether oxygens (including phenoxy) is 1. The van der Waals surface area contributed by atoms with Crippen LogP contribution in [0.2, 0.25) is 0 Å². The fraction of sp³-hybridized carbons (Fsp3) is 0.208. The van der Waals surface area contributed by atoms with E-state index in [-0.39, 0.29) is 18.0 Å². The highest BCUT2D eigenvalue weighted by Gasteiger charge is 2.15. The second-order valence-electron chi connectivity index (χ2n) is 7.31. The van der Waals surface area contributed by atoms with Crippen LogP contribution in [0.1, 0.15) is 22.4 Å². The number of nitrogens with one attached hydrogen (secondary N) is 1. The molecule has 0 unspecified atom stereocenters. The van der Waals surface area contributed by atoms with Gasteiger partial charge in [-0.2, -0.15) is 0 Å². The van der Waals surface area contributed by atoms with Gasteiger partial charge in [-0.3, -0.25) is 9.36 Å². The van der Waals surface area contributed by atoms with E-state index in [2.05, 4.69) is 17.4 Å². The van der Waals surface area contributed by atoms with E-state index >= 15 is 0 Å². The smallest absolute Gasteiger partial charge is 0.258 e. The van der Waals surface area contributed by atoms with Crippen LogP contribution in [-0.2, 0) is 19.6 Å². The summed E-state index contributed by atoms with van der Waals surface area (Å²) in [5.74, 6) is 0.588. The Morgan fingerprint density at radius 2 is 1.93 bits per heavy atom. The number of nitrogens with zero attached hydrogens (tertiary/aromatic N) is 1. The Labute approximate surface area is 185 Å². The first kappa shape index (κ1) is 20.7. The molecule has 2 aromatic carbocycles. The largest absolute Gasteiger partial charge is 0.489 e. The fourth-order valence-electron chi connectivity index (χ4n) is 3.83. The number of aryl methyl sites for hydroxylation is 1. The Bertz CT molecular complexity index is 1220. The van der Waals surface area contributed by atoms with Crippen molar-refractivity contribution < 1.29 is 4.74 Å². The van der Waals surface area contributed by atoms with Gasteiger partial charge in [0.1, 0.15) is 12.4 Å². The summed E-state index contributed by atoms with van der Waals surface area (Å²) in [4.78, 5) is 14.2. The Kier molecular flexibility index (Phi) is 6.23. The zero-order valence-corrected chi connectivity index (χ0v) is 18.1. The van der Waals surface area contributed by atoms with E-state index in [1.807, 2.05) is 53.8 Å². The van der Waals surface area contributed by atoms with Gasteiger partial charge in [-0.15, -0.1) is 23.7 Å². The van der Waals surface area contributed by atoms with Gasteiger partial charge in [0.05, 0.1) is 0 Å². The van der Waals surface area contributed by atoms with E-state index < -0.39 is 0 Å². The van der Waals surface area contributed by atoms with Crippen LogP contribution in [0.3, 0.4) is 0 Å². The Hall–Kier alpha value is -2.60. The van der Waals surface area contributed by atoms with E-state index in [0.717, 1.165) is 30.8 Å². The van der Waals surface area contributed by atoms with Crippen molar-refractivity contribution >= 4 is 33.8 Å². The Morgan fingerprint density at radius 3 is 2.77 bits per heavy atom. The molecule has 0 saturated carbocycles. The van der Waals surface area contributed by atoms with Crippen LogP contribution in [0, 0.1) is 0 Å². The maximum Gasteiger partial charge on any atom is 0.258 e. The van der Waals surface area contributed by atoms with Crippen LogP contribution in [-0.4, -0.2) is 11.1 Å². The topological polar surface area (TPSA) is 43.3 Å². The molecular formula is C24H23ClN2O2S. The van der Waals surface area contributed by atoms with Gasteiger partial charge in [0.2, 0.25) is 0 Å². The van der Waals surface area contributed by atoms with Crippen molar-refractivity contribution in [1.82, 2.24) is 9.88 Å². The van der Waals surface area contributed by atoms with E-state index in [0.29, 0.717) is 12.4 Å². The molecule has 1 N–H and O–H groups in total. The molecular weight excluding hydrogens is 416 g/mol. The molecule has 30 heavy (non-hydrogen) atoms. The summed E-state index contributed by atoms with van der Waals surface area (Å²) in [5.41, 5.74) is 3.27. The highest BCUT2D eigenvalue weighted by Crippen LogP contribution is 2.34. The monoisotopic (exact) mass is 438 g/mol. The lowest BCUT2D eigenvalue weighted by Gasteiger charge is -2.10. The summed E-state index contributed by atoms with van der Waals surface area (Å²) in [6.07, 6.45) is 4.11. The minimum Gasteiger partial charge on any atom is -0.489 e. The molecule has 0 saturated heterocycles. The third-order valence-electron chi connectivity index (χ3n) is 5.33. The van der Waals surface area contributed by atoms with Crippen LogP contribution in [0.5, 0.6) is 5.75 Å². The molecule has 5 rings (SSSR count). The molecule has 4 aromatic rings. The number of pyridine rings is 1. The van der Waals surface area contributed by atoms with Crippen molar-refractivity contribution in [1.29, 1.82) is 0 Å². The molecule has 0 amide bonds. The Morgan fingerprint density at radius 1 is 1.07 bits per heavy atom. The van der Waals surface area contributed by atoms with Gasteiger partial charge in [0.25, 0.3) is 5.56 Å². The van der Waals surface area contributed by atoms with Gasteiger partial charge in [-0.25, -0.2) is 0 Å². The highest BCUT2D eigenvalue weighted by molar-refractivity contribution is 7.19. The van der Waals surface area contributed by atoms with E-state index in [1.54, 1.807) is 16.8 Å². The zero-order valence-electron chi connectivity index (χ0n) is 16.5. The lowest BCUT2D eigenvalue weighted by molar-refractivity contribution is 0.305. The fourth-order valence-corrected chi connectivity index (χ4v) is 5.07. The minimum atomic E-state index is -0.0886. The van der Waals surface area contributed by atoms with Crippen LogP contribution in [0.25, 0.3) is 15.8 Å². The van der Waals surface area contributed by atoms with Crippen molar-refractivity contribution in [2.24, 2.45) is 0 Å². The number of thiophene rings is 1. The molecule has 0 aliphatic carbocycles. The minimum absolute atomic E-state index is 0. The number of benzene rings is 2. The highest BCUT2D eigenvalue weighted by atomic mass is 35.5. The van der Waals surface area contributed by atoms with Crippen LogP contribution >= 0.6 is 23.7 Å². The van der Waals surface area contributed by atoms with Gasteiger partial charge < -0.3 is 10.1 Å². The molecule has 3 heterocycles. The summed E-state index contributed by atoms with van der Waals surface area (Å²) in [6, 6.07) is 19.7. The third-order valence-corrected chi connectivity index (χ3v) is 6.61. The van der Waals surface area contributed by atoms with Crippen molar-refractivity contribution in [3.8, 4) is 11.4 Å². The summed E-state index contributed by atoms with van der Waals surface area (Å²) in [5, 5.41) is 4.77. The zero-order chi connectivity index (χ0) is 19.6. The Balaban J connectivity index is 0.00000218. The predicted octanol–water partition coefficient (Wildman–Crippen LogP) is 5.09. The molecule has 0 radical (unpaired) electrons. The van der Waals surface area contributed by atoms with E-state index in [9.17, 15) is 4.79 Å². The van der Waals surface area contributed by atoms with Gasteiger partial charge in [0.15, 0.2) is 0 Å². The molecule has 0 spiro atoms. The van der Waals surface area contributed by atoms with Gasteiger partial charge in [-0.1, -0.05) is 30.3 Å². The molecule has 0 fully saturated rings. The second-order valence-corrected chi connectivity index (χ2v) is 8.45. The van der Waals surface area contributed by atoms with Gasteiger partial charge >= 0.3 is 0 Å². The number of fused-ring (bicyclic) bond motifs is 3. The van der Waals surface area contributed by atoms with Crippen LogP contribution in [0.15, 0.2) is 71.7 Å². The number of hydrogen-bond donors (Lipinski definition) is 1. The molecule has 1 aliphatic rings. The van der Waals surface area contributed by atoms with Crippen LogP contribution in [0.4, 0.5) is 0 Å². The van der Waals surface area contributed by atoms with Gasteiger partial charge in [-0.05, 0) is 60.2 Å². The molecule has 0 atom stereocenters. The quantitative estimate of drug-likeness (QED) is 0.482. The number of aromatic nitrogens is 1. The maximum atomic E-state index is 12.7. The average Bonchev–Trinajstić information content (AvgIpc) is 2.93. The van der Waals surface area contributed by atoms with E-state index in [1.165, 1.54) is 26.9 Å². The summed E-state index contributed by atoms with van der Waals surface area (Å²) < 4.78 is 8.76. The molecule has 154 valence electrons. The number of halogens is 1. The van der Waals surface area contributed by atoms with E-state index in [4.69, 9.17) is 4.74 Å². The summed E-state index contributed by atoms with van der Waals surface area (Å²) in [7, 11) is 0. The van der Waals surface area contributed by atoms with Crippen molar-refractivity contribution in [2.45, 2.75) is 26.0 Å². The van der Waals surface area contributed by atoms with Gasteiger partial charge in [0, 0.05) is 34.1 Å². The number of rotatable bonds is 4. The average molecular weight is 439 g/mol. The molecule has 0 bridgehead atoms. The maximum absolute atomic E-state index is 12.7. The normalized spacial score (nSPS) is 13.3. The first-order chi connectivity index (χ1) is 14.3. The predicted molar refractivity (Wildman–Crippen MR) is 125 cm³/mol. The van der Waals surface area contributed by atoms with Crippen molar-refractivity contribution in [3.63, 3.8) is 0 Å². The summed E-state index contributed by atoms with van der Waals surface area (Å²) >= 11 is 1.88. The standard InChI is InChI=1S/C24H22N2O2S.ClH/c27-24-14-19(28-16-17-5-2-1-3-6-17)10-12-26(24)18-8-9-23-20(13-18)21-15-25-11-4-7-22(21)29-23;/h1-3,5-6,8-10,12-14,25H,4,7,11,15-16H2;1H. The first-order valence-electron chi connectivity index (χ1n) is 9.93. The lowest BCUT2D eigenvalue weighted by atomic mass is 10.1. The van der Waals surface area contributed by atoms with Crippen molar-refractivity contribution in [2.75, 3.05) is 6.54 Å². The summed E-state index contributed by atoms with van der Waals surface area (Å²) in [6.45, 7) is 2.41. The second kappa shape index (κ2) is 9.04. The molecule has 4 nitrogen and oxygen atoms in total. The van der Waals surface area contributed by atoms with Crippen molar-refractivity contribution in [3.05, 3.63) is 93.2 Å². The molecule has 2 aromatic heterocycles. The molecule has 6 heteroatoms. The first-order valence-corrected chi connectivity index (χ1v) is 10.7. The third kappa shape index (κ3) is 4.15.